The fourth-order valence-corrected chi connectivity index (χ4v) is 2.16. The first-order valence-corrected chi connectivity index (χ1v) is 7.50. The van der Waals surface area contributed by atoms with Gasteiger partial charge >= 0.3 is 5.97 Å². The van der Waals surface area contributed by atoms with Gasteiger partial charge in [-0.15, -0.1) is 11.8 Å². The van der Waals surface area contributed by atoms with Crippen molar-refractivity contribution in [3.63, 3.8) is 0 Å². The second kappa shape index (κ2) is 9.09. The molecule has 2 amide bonds. The minimum absolute atomic E-state index is 0.0231. The van der Waals surface area contributed by atoms with E-state index in [1.807, 2.05) is 0 Å². The van der Waals surface area contributed by atoms with E-state index in [1.54, 1.807) is 0 Å². The maximum absolute atomic E-state index is 13.4. The summed E-state index contributed by atoms with van der Waals surface area (Å²) in [5.41, 5.74) is 0. The van der Waals surface area contributed by atoms with Crippen molar-refractivity contribution in [2.24, 2.45) is 0 Å². The van der Waals surface area contributed by atoms with E-state index in [4.69, 9.17) is 4.74 Å². The molecule has 0 atom stereocenters. The number of likely N-dealkylation sites (N-methyl/N-ethyl adjacent to an activating group) is 2. The average molecular weight is 346 g/mol. The Hall–Kier alpha value is -2.16. The van der Waals surface area contributed by atoms with E-state index >= 15 is 0 Å². The molecule has 0 bridgehead atoms. The first kappa shape index (κ1) is 18.9. The van der Waals surface area contributed by atoms with Gasteiger partial charge in [-0.2, -0.15) is 0 Å². The number of nitrogens with zero attached hydrogens (tertiary/aromatic N) is 1. The fraction of sp³-hybridized carbons (Fsp3) is 0.357. The first-order valence-electron chi connectivity index (χ1n) is 6.51. The maximum atomic E-state index is 13.4. The number of carbonyl (C=O) groups excluding carboxylic acids is 3. The normalized spacial score (nSPS) is 10.1. The Morgan fingerprint density at radius 1 is 1.30 bits per heavy atom. The summed E-state index contributed by atoms with van der Waals surface area (Å²) in [5.74, 6) is -3.19. The molecule has 23 heavy (non-hydrogen) atoms. The minimum atomic E-state index is -0.750. The summed E-state index contributed by atoms with van der Waals surface area (Å²) in [6.45, 7) is -0.686. The standard InChI is InChI=1S/C14H16F2N2O4S/c1-17-12(19)6-18(2)13(20)7-22-14(21)8-23-11-5-9(15)3-4-10(11)16/h3-5H,6-8H2,1-2H3,(H,17,19). The van der Waals surface area contributed by atoms with E-state index in [9.17, 15) is 23.2 Å². The van der Waals surface area contributed by atoms with Crippen molar-refractivity contribution in [2.75, 3.05) is 33.0 Å². The Labute approximate surface area is 136 Å². The van der Waals surface area contributed by atoms with E-state index < -0.39 is 30.1 Å². The third-order valence-corrected chi connectivity index (χ3v) is 3.68. The van der Waals surface area contributed by atoms with Gasteiger partial charge in [-0.1, -0.05) is 0 Å². The van der Waals surface area contributed by atoms with Crippen molar-refractivity contribution in [3.05, 3.63) is 29.8 Å². The number of halogens is 2. The SMILES string of the molecule is CNC(=O)CN(C)C(=O)COC(=O)CSc1cc(F)ccc1F. The highest BCUT2D eigenvalue weighted by molar-refractivity contribution is 8.00. The highest BCUT2D eigenvalue weighted by atomic mass is 32.2. The Morgan fingerprint density at radius 3 is 2.65 bits per heavy atom. The third kappa shape index (κ3) is 6.64. The molecule has 0 aliphatic heterocycles. The lowest BCUT2D eigenvalue weighted by Gasteiger charge is -2.15. The number of thioether (sulfide) groups is 1. The van der Waals surface area contributed by atoms with Gasteiger partial charge in [0.2, 0.25) is 5.91 Å². The Balaban J connectivity index is 2.38. The molecule has 0 saturated heterocycles. The van der Waals surface area contributed by atoms with Crippen LogP contribution in [0.3, 0.4) is 0 Å². The summed E-state index contributed by atoms with van der Waals surface area (Å²) in [6.07, 6.45) is 0. The maximum Gasteiger partial charge on any atom is 0.316 e. The number of esters is 1. The van der Waals surface area contributed by atoms with Crippen LogP contribution in [0.2, 0.25) is 0 Å². The van der Waals surface area contributed by atoms with Crippen molar-refractivity contribution in [3.8, 4) is 0 Å². The quantitative estimate of drug-likeness (QED) is 0.584. The Bertz CT molecular complexity index is 598. The minimum Gasteiger partial charge on any atom is -0.455 e. The van der Waals surface area contributed by atoms with Crippen LogP contribution in [0.25, 0.3) is 0 Å². The summed E-state index contributed by atoms with van der Waals surface area (Å²) in [7, 11) is 2.83. The molecular formula is C14H16F2N2O4S. The lowest BCUT2D eigenvalue weighted by molar-refractivity contribution is -0.149. The van der Waals surface area contributed by atoms with Crippen LogP contribution >= 0.6 is 11.8 Å². The van der Waals surface area contributed by atoms with E-state index in [2.05, 4.69) is 5.32 Å². The molecule has 0 fully saturated rings. The summed E-state index contributed by atoms with van der Waals surface area (Å²) in [5, 5.41) is 2.35. The second-order valence-electron chi connectivity index (χ2n) is 4.45. The van der Waals surface area contributed by atoms with Gasteiger partial charge < -0.3 is 15.0 Å². The van der Waals surface area contributed by atoms with Crippen LogP contribution in [-0.2, 0) is 19.1 Å². The van der Waals surface area contributed by atoms with Crippen molar-refractivity contribution in [2.45, 2.75) is 4.90 Å². The van der Waals surface area contributed by atoms with Crippen LogP contribution < -0.4 is 5.32 Å². The lowest BCUT2D eigenvalue weighted by atomic mass is 10.3. The lowest BCUT2D eigenvalue weighted by Crippen LogP contribution is -2.39. The highest BCUT2D eigenvalue weighted by Crippen LogP contribution is 2.22. The van der Waals surface area contributed by atoms with E-state index in [0.717, 1.165) is 34.9 Å². The van der Waals surface area contributed by atoms with Gasteiger partial charge in [-0.3, -0.25) is 14.4 Å². The number of carbonyl (C=O) groups is 3. The van der Waals surface area contributed by atoms with Crippen molar-refractivity contribution in [1.82, 2.24) is 10.2 Å². The molecule has 0 saturated carbocycles. The summed E-state index contributed by atoms with van der Waals surface area (Å²) < 4.78 is 31.1. The molecule has 1 rings (SSSR count). The predicted molar refractivity (Wildman–Crippen MR) is 79.7 cm³/mol. The topological polar surface area (TPSA) is 75.7 Å². The fourth-order valence-electron chi connectivity index (χ4n) is 1.40. The van der Waals surface area contributed by atoms with Crippen LogP contribution in [0.15, 0.2) is 23.1 Å². The summed E-state index contributed by atoms with van der Waals surface area (Å²) in [4.78, 5) is 35.3. The molecule has 126 valence electrons. The zero-order valence-electron chi connectivity index (χ0n) is 12.6. The van der Waals surface area contributed by atoms with E-state index in [1.165, 1.54) is 14.1 Å². The van der Waals surface area contributed by atoms with Gasteiger partial charge in [0.05, 0.1) is 12.3 Å². The van der Waals surface area contributed by atoms with Crippen LogP contribution in [0.1, 0.15) is 0 Å². The van der Waals surface area contributed by atoms with Crippen molar-refractivity contribution in [1.29, 1.82) is 0 Å². The molecule has 0 radical (unpaired) electrons. The average Bonchev–Trinajstić information content (AvgIpc) is 2.52. The first-order chi connectivity index (χ1) is 10.8. The smallest absolute Gasteiger partial charge is 0.316 e. The van der Waals surface area contributed by atoms with Crippen LogP contribution in [0, 0.1) is 11.6 Å². The summed E-state index contributed by atoms with van der Waals surface area (Å²) in [6, 6.07) is 2.90. The molecule has 0 aromatic heterocycles. The van der Waals surface area contributed by atoms with Crippen molar-refractivity contribution >= 4 is 29.5 Å². The number of nitrogens with one attached hydrogen (secondary N) is 1. The van der Waals surface area contributed by atoms with Crippen LogP contribution in [-0.4, -0.2) is 55.7 Å². The molecular weight excluding hydrogens is 330 g/mol. The number of amides is 2. The molecule has 0 spiro atoms. The van der Waals surface area contributed by atoms with Crippen LogP contribution in [0.4, 0.5) is 8.78 Å². The number of benzene rings is 1. The molecule has 6 nitrogen and oxygen atoms in total. The zero-order chi connectivity index (χ0) is 17.4. The van der Waals surface area contributed by atoms with Crippen molar-refractivity contribution < 1.29 is 27.9 Å². The molecule has 1 aromatic rings. The summed E-state index contributed by atoms with van der Waals surface area (Å²) >= 11 is 0.765. The Morgan fingerprint density at radius 2 is 2.00 bits per heavy atom. The molecule has 9 heteroatoms. The molecule has 0 heterocycles. The second-order valence-corrected chi connectivity index (χ2v) is 5.46. The van der Waals surface area contributed by atoms with Gasteiger partial charge in [0.1, 0.15) is 11.6 Å². The van der Waals surface area contributed by atoms with Gasteiger partial charge in [0, 0.05) is 19.0 Å². The molecule has 0 aliphatic rings. The predicted octanol–water partition coefficient (Wildman–Crippen LogP) is 0.804. The molecule has 1 aromatic carbocycles. The zero-order valence-corrected chi connectivity index (χ0v) is 13.4. The van der Waals surface area contributed by atoms with Gasteiger partial charge in [0.25, 0.3) is 5.91 Å². The molecule has 0 aliphatic carbocycles. The Kier molecular flexibility index (Phi) is 7.46. The molecule has 0 unspecified atom stereocenters. The number of rotatable bonds is 7. The van der Waals surface area contributed by atoms with Crippen LogP contribution in [0.5, 0.6) is 0 Å². The van der Waals surface area contributed by atoms with Gasteiger partial charge in [0.15, 0.2) is 6.61 Å². The van der Waals surface area contributed by atoms with Gasteiger partial charge in [-0.05, 0) is 18.2 Å². The highest BCUT2D eigenvalue weighted by Gasteiger charge is 2.15. The van der Waals surface area contributed by atoms with E-state index in [-0.39, 0.29) is 23.1 Å². The number of hydrogen-bond acceptors (Lipinski definition) is 5. The number of hydrogen-bond donors (Lipinski definition) is 1. The van der Waals surface area contributed by atoms with E-state index in [0.29, 0.717) is 0 Å². The number of ether oxygens (including phenoxy) is 1. The molecule has 1 N–H and O–H groups in total. The largest absolute Gasteiger partial charge is 0.455 e. The monoisotopic (exact) mass is 346 g/mol. The third-order valence-electron chi connectivity index (χ3n) is 2.68. The van der Waals surface area contributed by atoms with Gasteiger partial charge in [-0.25, -0.2) is 8.78 Å².